The first-order valence-electron chi connectivity index (χ1n) is 5.75. The maximum atomic E-state index is 3.72. The molecule has 0 saturated carbocycles. The molecule has 1 heterocycles. The van der Waals surface area contributed by atoms with Gasteiger partial charge in [0.05, 0.1) is 0 Å². The minimum absolute atomic E-state index is 0.818. The molecule has 0 aromatic carbocycles. The fraction of sp³-hybridized carbons (Fsp3) is 0.667. The third-order valence-electron chi connectivity index (χ3n) is 1.98. The average molecular weight is 207 g/mol. The van der Waals surface area contributed by atoms with Gasteiger partial charge in [0, 0.05) is 0 Å². The van der Waals surface area contributed by atoms with Gasteiger partial charge in [-0.05, 0) is 0 Å². The van der Waals surface area contributed by atoms with E-state index in [1.165, 1.54) is 36.2 Å². The van der Waals surface area contributed by atoms with Crippen molar-refractivity contribution in [2.45, 2.75) is 50.1 Å². The molecule has 2 heteroatoms. The number of nitrogens with zero attached hydrogens (tertiary/aromatic N) is 1. The monoisotopic (exact) mass is 207 g/mol. The summed E-state index contributed by atoms with van der Waals surface area (Å²) < 4.78 is 0. The van der Waals surface area contributed by atoms with E-state index in [4.69, 9.17) is 0 Å². The van der Waals surface area contributed by atoms with Gasteiger partial charge >= 0.3 is 65.3 Å². The number of aromatic nitrogens is 1. The van der Waals surface area contributed by atoms with Crippen LogP contribution in [0.15, 0.2) is 24.5 Å². The summed E-state index contributed by atoms with van der Waals surface area (Å²) in [5, 5.41) is 3.08. The Labute approximate surface area is 95.0 Å². The second kappa shape index (κ2) is 12.8. The summed E-state index contributed by atoms with van der Waals surface area (Å²) in [6.07, 6.45) is 9.22. The standard InChI is InChI=1S/C4H4N.2C4H9.Al/c1-2-4-5-3-1;2*1-3-4-2;/h1-4H;2*1,3-4H2,2H3;/q-1;;;+1. The molecule has 0 aliphatic rings. The molecule has 0 aliphatic heterocycles. The Balaban J connectivity index is 0.000000280. The van der Waals surface area contributed by atoms with Crippen molar-refractivity contribution in [2.24, 2.45) is 0 Å². The smallest absolute Gasteiger partial charge is 0.0860 e. The largest absolute Gasteiger partial charge is 0.670 e. The summed E-state index contributed by atoms with van der Waals surface area (Å²) in [5.41, 5.74) is 0. The molecule has 0 N–H and O–H groups in total. The van der Waals surface area contributed by atoms with Gasteiger partial charge in [0.25, 0.3) is 0 Å². The Morgan fingerprint density at radius 1 is 0.929 bits per heavy atom. The molecule has 78 valence electrons. The molecule has 0 bridgehead atoms. The molecule has 0 unspecified atom stereocenters. The molecule has 0 fully saturated rings. The van der Waals surface area contributed by atoms with Crippen LogP contribution in [-0.2, 0) is 0 Å². The van der Waals surface area contributed by atoms with Crippen molar-refractivity contribution >= 4 is 15.2 Å². The topological polar surface area (TPSA) is 14.1 Å². The second-order valence-corrected chi connectivity index (χ2v) is 5.14. The van der Waals surface area contributed by atoms with Gasteiger partial charge in [-0.3, -0.25) is 0 Å². The Morgan fingerprint density at radius 2 is 1.43 bits per heavy atom. The summed E-state index contributed by atoms with van der Waals surface area (Å²) in [4.78, 5) is 3.72. The van der Waals surface area contributed by atoms with Crippen LogP contribution in [-0.4, -0.2) is 15.2 Å². The van der Waals surface area contributed by atoms with Gasteiger partial charge < -0.3 is 4.98 Å². The van der Waals surface area contributed by atoms with Gasteiger partial charge in [-0.2, -0.15) is 12.4 Å². The number of hydrogen-bond acceptors (Lipinski definition) is 0. The quantitative estimate of drug-likeness (QED) is 0.511. The molecule has 0 amide bonds. The Bertz CT molecular complexity index is 138. The Morgan fingerprint density at radius 3 is 1.71 bits per heavy atom. The fourth-order valence-corrected chi connectivity index (χ4v) is 2.77. The first-order chi connectivity index (χ1) is 6.91. The molecular formula is C12H22AlN. The van der Waals surface area contributed by atoms with Crippen LogP contribution in [0, 0.1) is 0 Å². The van der Waals surface area contributed by atoms with Gasteiger partial charge in [-0.25, -0.2) is 0 Å². The SMILES string of the molecule is CCC[CH2][Al+][CH2]CCC.c1cc[n-]c1. The average Bonchev–Trinajstić information content (AvgIpc) is 2.76. The molecule has 1 rings (SSSR count). The van der Waals surface area contributed by atoms with E-state index in [0.717, 1.165) is 15.2 Å². The van der Waals surface area contributed by atoms with Gasteiger partial charge in [-0.15, -0.1) is 0 Å². The van der Waals surface area contributed by atoms with E-state index < -0.39 is 0 Å². The van der Waals surface area contributed by atoms with Crippen molar-refractivity contribution in [3.05, 3.63) is 24.5 Å². The first-order valence-corrected chi connectivity index (χ1v) is 7.38. The van der Waals surface area contributed by atoms with E-state index in [1.54, 1.807) is 12.4 Å². The maximum absolute atomic E-state index is 3.72. The zero-order valence-corrected chi connectivity index (χ0v) is 10.7. The number of hydrogen-bond donors (Lipinski definition) is 0. The van der Waals surface area contributed by atoms with Gasteiger partial charge in [0.2, 0.25) is 0 Å². The van der Waals surface area contributed by atoms with Crippen LogP contribution in [0.1, 0.15) is 39.5 Å². The molecule has 1 nitrogen and oxygen atoms in total. The second-order valence-electron chi connectivity index (χ2n) is 3.41. The summed E-state index contributed by atoms with van der Waals surface area (Å²) in [5.74, 6) is 0. The number of rotatable bonds is 6. The summed E-state index contributed by atoms with van der Waals surface area (Å²) >= 11 is 0.818. The van der Waals surface area contributed by atoms with Crippen LogP contribution in [0.25, 0.3) is 0 Å². The third kappa shape index (κ3) is 11.8. The molecular weight excluding hydrogens is 185 g/mol. The van der Waals surface area contributed by atoms with Crippen molar-refractivity contribution in [1.82, 2.24) is 4.98 Å². The normalized spacial score (nSPS) is 8.71. The fourth-order valence-electron chi connectivity index (χ4n) is 1.09. The zero-order chi connectivity index (χ0) is 10.5. The molecule has 0 radical (unpaired) electrons. The van der Waals surface area contributed by atoms with Crippen LogP contribution >= 0.6 is 0 Å². The maximum Gasteiger partial charge on any atom is -0.0860 e. The molecule has 0 atom stereocenters. The van der Waals surface area contributed by atoms with Gasteiger partial charge in [0.15, 0.2) is 0 Å². The van der Waals surface area contributed by atoms with Crippen LogP contribution in [0.3, 0.4) is 0 Å². The van der Waals surface area contributed by atoms with Gasteiger partial charge in [-0.1, -0.05) is 12.1 Å². The summed E-state index contributed by atoms with van der Waals surface area (Å²) in [6.45, 7) is 4.55. The third-order valence-corrected chi connectivity index (χ3v) is 3.61. The molecule has 0 aliphatic carbocycles. The van der Waals surface area contributed by atoms with E-state index in [-0.39, 0.29) is 0 Å². The van der Waals surface area contributed by atoms with Crippen molar-refractivity contribution in [3.63, 3.8) is 0 Å². The van der Waals surface area contributed by atoms with E-state index in [0.29, 0.717) is 0 Å². The minimum Gasteiger partial charge on any atom is -0.670 e. The van der Waals surface area contributed by atoms with Crippen LogP contribution in [0.5, 0.6) is 0 Å². The first kappa shape index (κ1) is 13.8. The molecule has 1 aromatic rings. The predicted molar refractivity (Wildman–Crippen MR) is 64.9 cm³/mol. The molecule has 1 aromatic heterocycles. The van der Waals surface area contributed by atoms with E-state index >= 15 is 0 Å². The van der Waals surface area contributed by atoms with Crippen molar-refractivity contribution in [3.8, 4) is 0 Å². The predicted octanol–water partition coefficient (Wildman–Crippen LogP) is 3.77. The van der Waals surface area contributed by atoms with Crippen molar-refractivity contribution < 1.29 is 0 Å². The van der Waals surface area contributed by atoms with Crippen LogP contribution in [0.4, 0.5) is 0 Å². The summed E-state index contributed by atoms with van der Waals surface area (Å²) in [6, 6.07) is 3.78. The van der Waals surface area contributed by atoms with Crippen molar-refractivity contribution in [2.75, 3.05) is 0 Å². The molecule has 0 spiro atoms. The molecule has 14 heavy (non-hydrogen) atoms. The van der Waals surface area contributed by atoms with E-state index in [2.05, 4.69) is 18.8 Å². The van der Waals surface area contributed by atoms with Crippen LogP contribution in [0.2, 0.25) is 10.6 Å². The van der Waals surface area contributed by atoms with E-state index in [1.807, 2.05) is 12.1 Å². The van der Waals surface area contributed by atoms with Crippen LogP contribution < -0.4 is 4.98 Å². The minimum atomic E-state index is 0.818. The zero-order valence-electron chi connectivity index (χ0n) is 9.58. The Kier molecular flexibility index (Phi) is 12.6. The summed E-state index contributed by atoms with van der Waals surface area (Å²) in [7, 11) is 0. The van der Waals surface area contributed by atoms with Crippen molar-refractivity contribution in [1.29, 1.82) is 0 Å². The van der Waals surface area contributed by atoms with E-state index in [9.17, 15) is 0 Å². The van der Waals surface area contributed by atoms with Gasteiger partial charge in [0.1, 0.15) is 0 Å². The number of unbranched alkanes of at least 4 members (excludes halogenated alkanes) is 2. The Hall–Kier alpha value is -0.188. The molecule has 0 saturated heterocycles.